The molecule has 1 aromatic heterocycles. The zero-order valence-corrected chi connectivity index (χ0v) is 14.4. The molecular weight excluding hydrogens is 320 g/mol. The third-order valence-corrected chi connectivity index (χ3v) is 5.76. The molecule has 0 fully saturated rings. The highest BCUT2D eigenvalue weighted by atomic mass is 32.2. The van der Waals surface area contributed by atoms with E-state index in [0.29, 0.717) is 12.3 Å². The molecule has 7 heteroatoms. The van der Waals surface area contributed by atoms with E-state index >= 15 is 0 Å². The number of methoxy groups -OCH3 is 1. The highest BCUT2D eigenvalue weighted by Gasteiger charge is 2.22. The second-order valence-corrected chi connectivity index (χ2v) is 7.71. The van der Waals surface area contributed by atoms with Gasteiger partial charge in [-0.05, 0) is 37.7 Å². The zero-order valence-electron chi connectivity index (χ0n) is 12.8. The summed E-state index contributed by atoms with van der Waals surface area (Å²) in [5.74, 6) is 0.340. The number of sulfonamides is 1. The summed E-state index contributed by atoms with van der Waals surface area (Å²) in [7, 11) is 1.71. The number of ether oxygens (including phenoxy) is 1. The molecule has 1 heterocycles. The second kappa shape index (κ2) is 7.23. The van der Waals surface area contributed by atoms with Crippen molar-refractivity contribution in [1.82, 2.24) is 9.62 Å². The number of benzene rings is 1. The van der Waals surface area contributed by atoms with Crippen LogP contribution in [0.3, 0.4) is 0 Å². The summed E-state index contributed by atoms with van der Waals surface area (Å²) >= 11 is 1.61. The number of hydrogen-bond acceptors (Lipinski definition) is 5. The Morgan fingerprint density at radius 3 is 2.55 bits per heavy atom. The minimum atomic E-state index is -3.62. The minimum absolute atomic E-state index is 0.00974. The number of nitrogens with one attached hydrogen (secondary N) is 1. The van der Waals surface area contributed by atoms with Crippen molar-refractivity contribution in [2.75, 3.05) is 27.7 Å². The SMILES string of the molecule is COc1ccccc1S(=O)(=O)NCC(c1cccs1)N(C)C. The van der Waals surface area contributed by atoms with Crippen LogP contribution >= 0.6 is 11.3 Å². The molecule has 0 aliphatic rings. The fraction of sp³-hybridized carbons (Fsp3) is 0.333. The van der Waals surface area contributed by atoms with E-state index in [4.69, 9.17) is 4.74 Å². The Morgan fingerprint density at radius 1 is 1.23 bits per heavy atom. The van der Waals surface area contributed by atoms with E-state index in [9.17, 15) is 8.42 Å². The van der Waals surface area contributed by atoms with Gasteiger partial charge in [0.25, 0.3) is 0 Å². The molecule has 22 heavy (non-hydrogen) atoms. The van der Waals surface area contributed by atoms with Crippen LogP contribution in [-0.2, 0) is 10.0 Å². The van der Waals surface area contributed by atoms with Gasteiger partial charge in [-0.25, -0.2) is 13.1 Å². The maximum atomic E-state index is 12.5. The molecule has 0 amide bonds. The van der Waals surface area contributed by atoms with Gasteiger partial charge in [0, 0.05) is 11.4 Å². The van der Waals surface area contributed by atoms with Crippen molar-refractivity contribution >= 4 is 21.4 Å². The number of nitrogens with zero attached hydrogens (tertiary/aromatic N) is 1. The molecule has 1 aromatic carbocycles. The summed E-state index contributed by atoms with van der Waals surface area (Å²) in [5, 5.41) is 1.99. The molecule has 0 radical (unpaired) electrons. The predicted octanol–water partition coefficient (Wildman–Crippen LogP) is 2.34. The van der Waals surface area contributed by atoms with Crippen LogP contribution < -0.4 is 9.46 Å². The van der Waals surface area contributed by atoms with Crippen LogP contribution in [0.5, 0.6) is 5.75 Å². The first-order valence-corrected chi connectivity index (χ1v) is 9.14. The van der Waals surface area contributed by atoms with Gasteiger partial charge in [-0.2, -0.15) is 0 Å². The summed E-state index contributed by atoms with van der Waals surface area (Å²) < 4.78 is 32.8. The molecule has 0 aliphatic heterocycles. The van der Waals surface area contributed by atoms with E-state index in [1.807, 2.05) is 36.5 Å². The number of thiophene rings is 1. The largest absolute Gasteiger partial charge is 0.495 e. The van der Waals surface area contributed by atoms with Crippen LogP contribution in [-0.4, -0.2) is 41.1 Å². The first-order valence-electron chi connectivity index (χ1n) is 6.78. The summed E-state index contributed by atoms with van der Waals surface area (Å²) in [4.78, 5) is 3.27. The summed E-state index contributed by atoms with van der Waals surface area (Å²) in [5.41, 5.74) is 0. The Hall–Kier alpha value is -1.41. The Labute approximate surface area is 135 Å². The first kappa shape index (κ1) is 17.0. The maximum Gasteiger partial charge on any atom is 0.244 e. The lowest BCUT2D eigenvalue weighted by atomic mass is 10.2. The van der Waals surface area contributed by atoms with Gasteiger partial charge in [0.15, 0.2) is 0 Å². The van der Waals surface area contributed by atoms with Gasteiger partial charge in [0.2, 0.25) is 10.0 Å². The minimum Gasteiger partial charge on any atom is -0.495 e. The smallest absolute Gasteiger partial charge is 0.244 e. The van der Waals surface area contributed by atoms with E-state index in [-0.39, 0.29) is 10.9 Å². The molecular formula is C15H20N2O3S2. The summed E-state index contributed by atoms with van der Waals surface area (Å²) in [6.07, 6.45) is 0. The van der Waals surface area contributed by atoms with Crippen LogP contribution in [0.15, 0.2) is 46.7 Å². The van der Waals surface area contributed by atoms with Crippen molar-refractivity contribution in [1.29, 1.82) is 0 Å². The van der Waals surface area contributed by atoms with Crippen LogP contribution in [0.1, 0.15) is 10.9 Å². The van der Waals surface area contributed by atoms with E-state index < -0.39 is 10.0 Å². The number of hydrogen-bond donors (Lipinski definition) is 1. The summed E-state index contributed by atoms with van der Waals surface area (Å²) in [6, 6.07) is 10.6. The van der Waals surface area contributed by atoms with Crippen LogP contribution in [0, 0.1) is 0 Å². The van der Waals surface area contributed by atoms with Crippen molar-refractivity contribution in [3.63, 3.8) is 0 Å². The van der Waals surface area contributed by atoms with Crippen molar-refractivity contribution < 1.29 is 13.2 Å². The van der Waals surface area contributed by atoms with E-state index in [1.165, 1.54) is 13.2 Å². The molecule has 0 aliphatic carbocycles. The lowest BCUT2D eigenvalue weighted by molar-refractivity contribution is 0.303. The highest BCUT2D eigenvalue weighted by molar-refractivity contribution is 7.89. The normalized spacial score (nSPS) is 13.3. The molecule has 2 aromatic rings. The Balaban J connectivity index is 2.18. The van der Waals surface area contributed by atoms with Crippen molar-refractivity contribution in [2.45, 2.75) is 10.9 Å². The van der Waals surface area contributed by atoms with Gasteiger partial charge in [-0.3, -0.25) is 0 Å². The molecule has 1 N–H and O–H groups in total. The lowest BCUT2D eigenvalue weighted by Crippen LogP contribution is -2.34. The number of rotatable bonds is 7. The van der Waals surface area contributed by atoms with Crippen molar-refractivity contribution in [3.05, 3.63) is 46.7 Å². The van der Waals surface area contributed by atoms with Gasteiger partial charge in [-0.15, -0.1) is 11.3 Å². The molecule has 2 rings (SSSR count). The monoisotopic (exact) mass is 340 g/mol. The standard InChI is InChI=1S/C15H20N2O3S2/c1-17(2)12(14-8-6-10-21-14)11-16-22(18,19)15-9-5-4-7-13(15)20-3/h4-10,12,16H,11H2,1-3H3. The fourth-order valence-corrected chi connectivity index (χ4v) is 4.26. The highest BCUT2D eigenvalue weighted by Crippen LogP contribution is 2.25. The molecule has 0 spiro atoms. The average Bonchev–Trinajstić information content (AvgIpc) is 3.01. The van der Waals surface area contributed by atoms with E-state index in [0.717, 1.165) is 4.88 Å². The van der Waals surface area contributed by atoms with E-state index in [2.05, 4.69) is 4.72 Å². The maximum absolute atomic E-state index is 12.5. The zero-order chi connectivity index (χ0) is 16.2. The second-order valence-electron chi connectivity index (χ2n) is 5.00. The molecule has 5 nitrogen and oxygen atoms in total. The average molecular weight is 340 g/mol. The molecule has 0 saturated carbocycles. The van der Waals surface area contributed by atoms with Gasteiger partial charge < -0.3 is 9.64 Å². The first-order chi connectivity index (χ1) is 10.5. The fourth-order valence-electron chi connectivity index (χ4n) is 2.13. The molecule has 0 saturated heterocycles. The van der Waals surface area contributed by atoms with Crippen molar-refractivity contribution in [3.8, 4) is 5.75 Å². The van der Waals surface area contributed by atoms with Crippen LogP contribution in [0.2, 0.25) is 0 Å². The molecule has 1 unspecified atom stereocenters. The Kier molecular flexibility index (Phi) is 5.57. The number of likely N-dealkylation sites (N-methyl/N-ethyl adjacent to an activating group) is 1. The topological polar surface area (TPSA) is 58.6 Å². The Bertz CT molecular complexity index is 697. The molecule has 0 bridgehead atoms. The third kappa shape index (κ3) is 3.86. The summed E-state index contributed by atoms with van der Waals surface area (Å²) in [6.45, 7) is 0.299. The van der Waals surface area contributed by atoms with Gasteiger partial charge in [0.1, 0.15) is 10.6 Å². The van der Waals surface area contributed by atoms with Gasteiger partial charge in [0.05, 0.1) is 13.2 Å². The molecule has 120 valence electrons. The van der Waals surface area contributed by atoms with E-state index in [1.54, 1.807) is 29.5 Å². The van der Waals surface area contributed by atoms with Gasteiger partial charge >= 0.3 is 0 Å². The van der Waals surface area contributed by atoms with Crippen molar-refractivity contribution in [2.24, 2.45) is 0 Å². The molecule has 1 atom stereocenters. The quantitative estimate of drug-likeness (QED) is 0.840. The number of para-hydroxylation sites is 1. The van der Waals surface area contributed by atoms with Crippen LogP contribution in [0.4, 0.5) is 0 Å². The predicted molar refractivity (Wildman–Crippen MR) is 88.9 cm³/mol. The lowest BCUT2D eigenvalue weighted by Gasteiger charge is -2.23. The van der Waals surface area contributed by atoms with Crippen LogP contribution in [0.25, 0.3) is 0 Å². The van der Waals surface area contributed by atoms with Gasteiger partial charge in [-0.1, -0.05) is 18.2 Å². The Morgan fingerprint density at radius 2 is 1.95 bits per heavy atom. The third-order valence-electron chi connectivity index (χ3n) is 3.32.